The minimum atomic E-state index is -0.268. The van der Waals surface area contributed by atoms with Gasteiger partial charge in [-0.25, -0.2) is 0 Å². The molecule has 2 heterocycles. The molecule has 0 radical (unpaired) electrons. The van der Waals surface area contributed by atoms with Crippen LogP contribution in [0.2, 0.25) is 0 Å². The topological polar surface area (TPSA) is 96.5 Å². The number of morpholine rings is 1. The van der Waals surface area contributed by atoms with Gasteiger partial charge in [0.15, 0.2) is 0 Å². The Morgan fingerprint density at radius 1 is 1.14 bits per heavy atom. The summed E-state index contributed by atoms with van der Waals surface area (Å²) in [7, 11) is 0. The first-order valence-corrected chi connectivity index (χ1v) is 10.3. The molecule has 0 bridgehead atoms. The molecule has 3 rings (SSSR count). The third kappa shape index (κ3) is 6.66. The van der Waals surface area contributed by atoms with E-state index in [1.165, 1.54) is 11.3 Å². The second-order valence-electron chi connectivity index (χ2n) is 6.48. The Morgan fingerprint density at radius 3 is 2.71 bits per heavy atom. The van der Waals surface area contributed by atoms with Crippen molar-refractivity contribution in [3.63, 3.8) is 0 Å². The molecule has 1 aromatic carbocycles. The summed E-state index contributed by atoms with van der Waals surface area (Å²) in [5.74, 6) is -0.226. The van der Waals surface area contributed by atoms with Crippen molar-refractivity contribution < 1.29 is 14.3 Å². The van der Waals surface area contributed by atoms with E-state index < -0.39 is 0 Å². The number of nitrogens with one attached hydrogen (secondary N) is 2. The molecule has 0 saturated carbocycles. The molecule has 1 aromatic heterocycles. The summed E-state index contributed by atoms with van der Waals surface area (Å²) >= 11 is 1.26. The number of aromatic nitrogens is 2. The fourth-order valence-corrected chi connectivity index (χ4v) is 3.60. The molecule has 0 atom stereocenters. The maximum Gasteiger partial charge on any atom is 0.286 e. The molecule has 150 valence electrons. The van der Waals surface area contributed by atoms with Crippen LogP contribution < -0.4 is 10.6 Å². The highest BCUT2D eigenvalue weighted by molar-refractivity contribution is 7.13. The molecular formula is C19H25N5O3S. The van der Waals surface area contributed by atoms with Gasteiger partial charge in [-0.05, 0) is 18.6 Å². The minimum Gasteiger partial charge on any atom is -0.379 e. The van der Waals surface area contributed by atoms with Crippen LogP contribution in [0.1, 0.15) is 27.7 Å². The molecule has 1 fully saturated rings. The van der Waals surface area contributed by atoms with E-state index in [2.05, 4.69) is 25.7 Å². The van der Waals surface area contributed by atoms with Crippen LogP contribution in [0, 0.1) is 0 Å². The van der Waals surface area contributed by atoms with E-state index in [4.69, 9.17) is 4.74 Å². The van der Waals surface area contributed by atoms with E-state index in [9.17, 15) is 9.59 Å². The second-order valence-corrected chi connectivity index (χ2v) is 7.54. The van der Waals surface area contributed by atoms with Crippen LogP contribution in [0.15, 0.2) is 30.3 Å². The normalized spacial score (nSPS) is 14.6. The van der Waals surface area contributed by atoms with Crippen LogP contribution in [0.3, 0.4) is 0 Å². The predicted molar refractivity (Wildman–Crippen MR) is 108 cm³/mol. The van der Waals surface area contributed by atoms with Gasteiger partial charge in [0.25, 0.3) is 5.91 Å². The van der Waals surface area contributed by atoms with Crippen LogP contribution >= 0.6 is 11.3 Å². The summed E-state index contributed by atoms with van der Waals surface area (Å²) in [4.78, 5) is 26.4. The number of ether oxygens (including phenoxy) is 1. The van der Waals surface area contributed by atoms with Crippen molar-refractivity contribution in [2.45, 2.75) is 19.3 Å². The molecule has 2 N–H and O–H groups in total. The minimum absolute atomic E-state index is 0.0415. The zero-order chi connectivity index (χ0) is 19.6. The van der Waals surface area contributed by atoms with Crippen molar-refractivity contribution in [1.29, 1.82) is 0 Å². The number of benzene rings is 1. The summed E-state index contributed by atoms with van der Waals surface area (Å²) in [6, 6.07) is 9.23. The van der Waals surface area contributed by atoms with Crippen LogP contribution in [0.5, 0.6) is 0 Å². The number of amides is 2. The lowest BCUT2D eigenvalue weighted by Gasteiger charge is -2.26. The average Bonchev–Trinajstić information content (AvgIpc) is 3.19. The summed E-state index contributed by atoms with van der Waals surface area (Å²) in [6.45, 7) is 4.88. The van der Waals surface area contributed by atoms with Crippen molar-refractivity contribution in [2.75, 3.05) is 44.7 Å². The lowest BCUT2D eigenvalue weighted by Crippen LogP contribution is -2.41. The standard InChI is InChI=1S/C19H25N5O3S/c25-16(20-9-10-24-11-13-27-14-12-24)7-4-8-17-22-23-19(28-17)18(26)21-15-5-2-1-3-6-15/h1-3,5-6H,4,7-14H2,(H,20,25)(H,21,26). The zero-order valence-electron chi connectivity index (χ0n) is 15.7. The number of aryl methyl sites for hydroxylation is 1. The van der Waals surface area contributed by atoms with Gasteiger partial charge >= 0.3 is 0 Å². The van der Waals surface area contributed by atoms with E-state index in [0.717, 1.165) is 43.5 Å². The Kier molecular flexibility index (Phi) is 7.89. The first-order valence-electron chi connectivity index (χ1n) is 9.46. The first kappa shape index (κ1) is 20.4. The Labute approximate surface area is 168 Å². The molecule has 0 spiro atoms. The summed E-state index contributed by atoms with van der Waals surface area (Å²) in [5, 5.41) is 14.8. The highest BCUT2D eigenvalue weighted by Gasteiger charge is 2.14. The highest BCUT2D eigenvalue weighted by atomic mass is 32.1. The van der Waals surface area contributed by atoms with Gasteiger partial charge in [-0.15, -0.1) is 10.2 Å². The largest absolute Gasteiger partial charge is 0.379 e. The van der Waals surface area contributed by atoms with Crippen LogP contribution in [-0.4, -0.2) is 66.3 Å². The Morgan fingerprint density at radius 2 is 1.93 bits per heavy atom. The molecule has 1 aliphatic rings. The summed E-state index contributed by atoms with van der Waals surface area (Å²) < 4.78 is 5.30. The Bertz CT molecular complexity index is 762. The van der Waals surface area contributed by atoms with Crippen molar-refractivity contribution in [1.82, 2.24) is 20.4 Å². The van der Waals surface area contributed by atoms with E-state index in [1.807, 2.05) is 30.3 Å². The van der Waals surface area contributed by atoms with Crippen LogP contribution in [0.25, 0.3) is 0 Å². The third-order valence-corrected chi connectivity index (χ3v) is 5.32. The number of hydrogen-bond acceptors (Lipinski definition) is 7. The van der Waals surface area contributed by atoms with E-state index >= 15 is 0 Å². The average molecular weight is 404 g/mol. The zero-order valence-corrected chi connectivity index (χ0v) is 16.5. The lowest BCUT2D eigenvalue weighted by molar-refractivity contribution is -0.121. The molecule has 1 saturated heterocycles. The number of para-hydroxylation sites is 1. The van der Waals surface area contributed by atoms with E-state index in [-0.39, 0.29) is 11.8 Å². The predicted octanol–water partition coefficient (Wildman–Crippen LogP) is 1.56. The molecule has 2 amide bonds. The number of rotatable bonds is 9. The van der Waals surface area contributed by atoms with Gasteiger partial charge in [0.2, 0.25) is 10.9 Å². The lowest BCUT2D eigenvalue weighted by atomic mass is 10.2. The molecule has 8 nitrogen and oxygen atoms in total. The molecule has 2 aromatic rings. The Balaban J connectivity index is 1.32. The Hall–Kier alpha value is -2.36. The first-order chi connectivity index (χ1) is 13.7. The number of carbonyl (C=O) groups excluding carboxylic acids is 2. The molecule has 28 heavy (non-hydrogen) atoms. The number of anilines is 1. The maximum absolute atomic E-state index is 12.2. The van der Waals surface area contributed by atoms with Crippen molar-refractivity contribution in [3.8, 4) is 0 Å². The van der Waals surface area contributed by atoms with Crippen molar-refractivity contribution >= 4 is 28.8 Å². The van der Waals surface area contributed by atoms with Crippen molar-refractivity contribution in [3.05, 3.63) is 40.3 Å². The number of carbonyl (C=O) groups is 2. The van der Waals surface area contributed by atoms with Crippen LogP contribution in [-0.2, 0) is 16.0 Å². The van der Waals surface area contributed by atoms with Gasteiger partial charge < -0.3 is 15.4 Å². The van der Waals surface area contributed by atoms with Gasteiger partial charge in [0.05, 0.1) is 13.2 Å². The van der Waals surface area contributed by atoms with Gasteiger partial charge in [0.1, 0.15) is 5.01 Å². The fraction of sp³-hybridized carbons (Fsp3) is 0.474. The number of hydrogen-bond donors (Lipinski definition) is 2. The van der Waals surface area contributed by atoms with Crippen LogP contribution in [0.4, 0.5) is 5.69 Å². The van der Waals surface area contributed by atoms with E-state index in [1.54, 1.807) is 0 Å². The SMILES string of the molecule is O=C(CCCc1nnc(C(=O)Nc2ccccc2)s1)NCCN1CCOCC1. The number of nitrogens with zero attached hydrogens (tertiary/aromatic N) is 3. The quantitative estimate of drug-likeness (QED) is 0.660. The van der Waals surface area contributed by atoms with Gasteiger partial charge in [-0.1, -0.05) is 29.5 Å². The highest BCUT2D eigenvalue weighted by Crippen LogP contribution is 2.15. The fourth-order valence-electron chi connectivity index (χ4n) is 2.82. The second kappa shape index (κ2) is 10.8. The molecular weight excluding hydrogens is 378 g/mol. The van der Waals surface area contributed by atoms with Gasteiger partial charge in [0, 0.05) is 44.7 Å². The monoisotopic (exact) mass is 403 g/mol. The van der Waals surface area contributed by atoms with Gasteiger partial charge in [-0.3, -0.25) is 14.5 Å². The molecule has 9 heteroatoms. The molecule has 1 aliphatic heterocycles. The smallest absolute Gasteiger partial charge is 0.286 e. The summed E-state index contributed by atoms with van der Waals surface area (Å²) in [6.07, 6.45) is 1.75. The van der Waals surface area contributed by atoms with Crippen molar-refractivity contribution in [2.24, 2.45) is 0 Å². The molecule has 0 aliphatic carbocycles. The third-order valence-electron chi connectivity index (χ3n) is 4.34. The molecule has 0 unspecified atom stereocenters. The maximum atomic E-state index is 12.2. The van der Waals surface area contributed by atoms with E-state index in [0.29, 0.717) is 30.8 Å². The van der Waals surface area contributed by atoms with Gasteiger partial charge in [-0.2, -0.15) is 0 Å². The summed E-state index contributed by atoms with van der Waals surface area (Å²) in [5.41, 5.74) is 0.720.